The van der Waals surface area contributed by atoms with E-state index in [1.165, 1.54) is 12.3 Å². The van der Waals surface area contributed by atoms with Gasteiger partial charge < -0.3 is 10.1 Å². The van der Waals surface area contributed by atoms with Crippen molar-refractivity contribution < 1.29 is 9.53 Å². The van der Waals surface area contributed by atoms with Crippen LogP contribution >= 0.6 is 23.2 Å². The minimum absolute atomic E-state index is 0.0151. The first-order valence-electron chi connectivity index (χ1n) is 5.61. The van der Waals surface area contributed by atoms with Crippen molar-refractivity contribution in [2.24, 2.45) is 0 Å². The molecule has 0 saturated heterocycles. The predicted molar refractivity (Wildman–Crippen MR) is 74.1 cm³/mol. The summed E-state index contributed by atoms with van der Waals surface area (Å²) >= 11 is 11.5. The highest BCUT2D eigenvalue weighted by Gasteiger charge is 2.14. The Morgan fingerprint density at radius 2 is 2.25 bits per heavy atom. The highest BCUT2D eigenvalue weighted by atomic mass is 35.5. The van der Waals surface area contributed by atoms with Crippen LogP contribution in [-0.4, -0.2) is 39.6 Å². The van der Waals surface area contributed by atoms with Gasteiger partial charge in [-0.2, -0.15) is 5.10 Å². The molecule has 1 N–H and O–H groups in total. The van der Waals surface area contributed by atoms with Crippen LogP contribution < -0.4 is 5.32 Å². The summed E-state index contributed by atoms with van der Waals surface area (Å²) < 4.78 is 6.59. The third kappa shape index (κ3) is 3.66. The SMILES string of the molecule is COCCn1cc(NC(=O)c2cc(Cl)nnc2Cl)cn1. The Morgan fingerprint density at radius 3 is 3.00 bits per heavy atom. The van der Waals surface area contributed by atoms with Crippen LogP contribution in [0.15, 0.2) is 18.5 Å². The van der Waals surface area contributed by atoms with Gasteiger partial charge in [0.25, 0.3) is 5.91 Å². The molecule has 0 aliphatic rings. The van der Waals surface area contributed by atoms with E-state index in [0.29, 0.717) is 18.8 Å². The van der Waals surface area contributed by atoms with Gasteiger partial charge in [0.15, 0.2) is 10.3 Å². The number of rotatable bonds is 5. The summed E-state index contributed by atoms with van der Waals surface area (Å²) in [6, 6.07) is 1.35. The molecule has 0 radical (unpaired) electrons. The first-order valence-corrected chi connectivity index (χ1v) is 6.37. The van der Waals surface area contributed by atoms with Crippen molar-refractivity contribution in [3.63, 3.8) is 0 Å². The van der Waals surface area contributed by atoms with Gasteiger partial charge in [-0.1, -0.05) is 23.2 Å². The highest BCUT2D eigenvalue weighted by Crippen LogP contribution is 2.17. The summed E-state index contributed by atoms with van der Waals surface area (Å²) in [6.45, 7) is 1.13. The zero-order valence-electron chi connectivity index (χ0n) is 10.5. The molecule has 20 heavy (non-hydrogen) atoms. The minimum atomic E-state index is -0.432. The van der Waals surface area contributed by atoms with Crippen molar-refractivity contribution in [3.8, 4) is 0 Å². The van der Waals surface area contributed by atoms with E-state index in [4.69, 9.17) is 27.9 Å². The number of amides is 1. The van der Waals surface area contributed by atoms with Crippen molar-refractivity contribution in [2.45, 2.75) is 6.54 Å². The molecule has 7 nitrogen and oxygen atoms in total. The van der Waals surface area contributed by atoms with Crippen LogP contribution in [0.1, 0.15) is 10.4 Å². The van der Waals surface area contributed by atoms with Crippen LogP contribution in [0.3, 0.4) is 0 Å². The average molecular weight is 316 g/mol. The van der Waals surface area contributed by atoms with Crippen LogP contribution in [0.5, 0.6) is 0 Å². The highest BCUT2D eigenvalue weighted by molar-refractivity contribution is 6.34. The maximum Gasteiger partial charge on any atom is 0.259 e. The number of hydrogen-bond acceptors (Lipinski definition) is 5. The standard InChI is InChI=1S/C11H11Cl2N5O2/c1-20-3-2-18-6-7(5-14-18)15-11(19)8-4-9(12)16-17-10(8)13/h4-6H,2-3H2,1H3,(H,15,19). The first kappa shape index (κ1) is 14.7. The second kappa shape index (κ2) is 6.65. The van der Waals surface area contributed by atoms with Gasteiger partial charge in [-0.3, -0.25) is 9.48 Å². The van der Waals surface area contributed by atoms with E-state index in [-0.39, 0.29) is 15.9 Å². The second-order valence-corrected chi connectivity index (χ2v) is 4.56. The molecule has 0 unspecified atom stereocenters. The minimum Gasteiger partial charge on any atom is -0.383 e. The molecule has 9 heteroatoms. The van der Waals surface area contributed by atoms with Gasteiger partial charge in [0, 0.05) is 13.3 Å². The van der Waals surface area contributed by atoms with Crippen molar-refractivity contribution in [1.82, 2.24) is 20.0 Å². The van der Waals surface area contributed by atoms with Crippen LogP contribution in [0.2, 0.25) is 10.3 Å². The lowest BCUT2D eigenvalue weighted by Crippen LogP contribution is -2.13. The third-order valence-corrected chi connectivity index (χ3v) is 2.84. The van der Waals surface area contributed by atoms with Crippen LogP contribution in [0, 0.1) is 0 Å². The number of nitrogens with zero attached hydrogens (tertiary/aromatic N) is 4. The van der Waals surface area contributed by atoms with E-state index in [1.807, 2.05) is 0 Å². The fraction of sp³-hybridized carbons (Fsp3) is 0.273. The molecule has 2 rings (SSSR count). The normalized spacial score (nSPS) is 10.6. The Kier molecular flexibility index (Phi) is 4.89. The van der Waals surface area contributed by atoms with E-state index in [0.717, 1.165) is 0 Å². The molecular formula is C11H11Cl2N5O2. The fourth-order valence-electron chi connectivity index (χ4n) is 1.45. The molecule has 2 aromatic rings. The van der Waals surface area contributed by atoms with Gasteiger partial charge in [0.1, 0.15) is 0 Å². The predicted octanol–water partition coefficient (Wildman–Crippen LogP) is 1.88. The Bertz CT molecular complexity index is 617. The lowest BCUT2D eigenvalue weighted by Gasteiger charge is -2.03. The molecule has 0 aliphatic carbocycles. The third-order valence-electron chi connectivity index (χ3n) is 2.38. The summed E-state index contributed by atoms with van der Waals surface area (Å²) in [5.74, 6) is -0.432. The fourth-order valence-corrected chi connectivity index (χ4v) is 1.77. The van der Waals surface area contributed by atoms with E-state index in [1.54, 1.807) is 18.0 Å². The van der Waals surface area contributed by atoms with Crippen molar-refractivity contribution in [1.29, 1.82) is 0 Å². The Hall–Kier alpha value is -1.70. The summed E-state index contributed by atoms with van der Waals surface area (Å²) in [4.78, 5) is 12.0. The van der Waals surface area contributed by atoms with E-state index in [2.05, 4.69) is 20.6 Å². The van der Waals surface area contributed by atoms with Crippen LogP contribution in [-0.2, 0) is 11.3 Å². The van der Waals surface area contributed by atoms with Gasteiger partial charge in [0.2, 0.25) is 0 Å². The van der Waals surface area contributed by atoms with Gasteiger partial charge in [-0.15, -0.1) is 10.2 Å². The zero-order valence-corrected chi connectivity index (χ0v) is 12.0. The smallest absolute Gasteiger partial charge is 0.259 e. The number of carbonyl (C=O) groups excluding carboxylic acids is 1. The summed E-state index contributed by atoms with van der Waals surface area (Å²) in [5, 5.41) is 13.9. The van der Waals surface area contributed by atoms with Gasteiger partial charge >= 0.3 is 0 Å². The van der Waals surface area contributed by atoms with Crippen molar-refractivity contribution >= 4 is 34.8 Å². The maximum atomic E-state index is 12.0. The number of halogens is 2. The summed E-state index contributed by atoms with van der Waals surface area (Å²) in [5.41, 5.74) is 0.686. The number of ether oxygens (including phenoxy) is 1. The molecule has 2 aromatic heterocycles. The Balaban J connectivity index is 2.07. The zero-order chi connectivity index (χ0) is 14.5. The van der Waals surface area contributed by atoms with Crippen LogP contribution in [0.4, 0.5) is 5.69 Å². The average Bonchev–Trinajstić information content (AvgIpc) is 2.86. The van der Waals surface area contributed by atoms with E-state index >= 15 is 0 Å². The number of carbonyl (C=O) groups is 1. The monoisotopic (exact) mass is 315 g/mol. The Morgan fingerprint density at radius 1 is 1.45 bits per heavy atom. The van der Waals surface area contributed by atoms with Crippen LogP contribution in [0.25, 0.3) is 0 Å². The second-order valence-electron chi connectivity index (χ2n) is 3.81. The molecule has 106 valence electrons. The lowest BCUT2D eigenvalue weighted by molar-refractivity contribution is 0.102. The number of aromatic nitrogens is 4. The van der Waals surface area contributed by atoms with Gasteiger partial charge in [0.05, 0.1) is 30.6 Å². The molecule has 0 aromatic carbocycles. The number of nitrogens with one attached hydrogen (secondary N) is 1. The molecule has 0 fully saturated rings. The summed E-state index contributed by atoms with van der Waals surface area (Å²) in [6.07, 6.45) is 3.21. The molecular weight excluding hydrogens is 305 g/mol. The van der Waals surface area contributed by atoms with E-state index < -0.39 is 5.91 Å². The van der Waals surface area contributed by atoms with E-state index in [9.17, 15) is 4.79 Å². The number of anilines is 1. The topological polar surface area (TPSA) is 81.9 Å². The summed E-state index contributed by atoms with van der Waals surface area (Å²) in [7, 11) is 1.61. The molecule has 0 atom stereocenters. The van der Waals surface area contributed by atoms with Crippen molar-refractivity contribution in [2.75, 3.05) is 19.0 Å². The molecule has 0 saturated carbocycles. The quantitative estimate of drug-likeness (QED) is 0.911. The lowest BCUT2D eigenvalue weighted by atomic mass is 10.3. The molecule has 0 spiro atoms. The number of hydrogen-bond donors (Lipinski definition) is 1. The van der Waals surface area contributed by atoms with Crippen molar-refractivity contribution in [3.05, 3.63) is 34.3 Å². The molecule has 1 amide bonds. The first-order chi connectivity index (χ1) is 9.60. The molecule has 2 heterocycles. The Labute approximate surface area is 124 Å². The number of methoxy groups -OCH3 is 1. The largest absolute Gasteiger partial charge is 0.383 e. The molecule has 0 aliphatic heterocycles. The van der Waals surface area contributed by atoms with Gasteiger partial charge in [-0.25, -0.2) is 0 Å². The maximum absolute atomic E-state index is 12.0. The van der Waals surface area contributed by atoms with Gasteiger partial charge in [-0.05, 0) is 6.07 Å². The molecule has 0 bridgehead atoms.